The lowest BCUT2D eigenvalue weighted by Crippen LogP contribution is -2.41. The zero-order valence-corrected chi connectivity index (χ0v) is 10.7. The van der Waals surface area contributed by atoms with Crippen LogP contribution in [0, 0.1) is 0 Å². The van der Waals surface area contributed by atoms with E-state index in [0.717, 1.165) is 18.2 Å². The van der Waals surface area contributed by atoms with Gasteiger partial charge in [0, 0.05) is 7.05 Å². The molecule has 0 atom stereocenters. The molecule has 7 heteroatoms. The summed E-state index contributed by atoms with van der Waals surface area (Å²) in [4.78, 5) is 22.2. The third-order valence-electron chi connectivity index (χ3n) is 2.26. The van der Waals surface area contributed by atoms with Crippen molar-refractivity contribution in [1.82, 2.24) is 4.90 Å². The molecule has 0 saturated carbocycles. The Morgan fingerprint density at radius 3 is 2.06 bits per heavy atom. The van der Waals surface area contributed by atoms with E-state index in [4.69, 9.17) is 4.74 Å². The zero-order chi connectivity index (χ0) is 14.5. The van der Waals surface area contributed by atoms with Gasteiger partial charge >= 0.3 is 18.1 Å². The number of hydrogen-bond acceptors (Lipinski definition) is 3. The summed E-state index contributed by atoms with van der Waals surface area (Å²) in [5.74, 6) is -2.95. The number of carbonyl (C=O) groups is 2. The van der Waals surface area contributed by atoms with E-state index in [9.17, 15) is 22.8 Å². The molecule has 4 nitrogen and oxygen atoms in total. The summed E-state index contributed by atoms with van der Waals surface area (Å²) in [6.07, 6.45) is -4.98. The van der Waals surface area contributed by atoms with Crippen molar-refractivity contribution >= 4 is 11.9 Å². The number of esters is 1. The number of carbonyl (C=O) groups excluding carboxylic acids is 2. The minimum Gasteiger partial charge on any atom is -0.460 e. The number of hydrogen-bond donors (Lipinski definition) is 0. The molecule has 0 fully saturated rings. The molecule has 0 rings (SSSR count). The first kappa shape index (κ1) is 16.5. The van der Waals surface area contributed by atoms with E-state index in [2.05, 4.69) is 0 Å². The standard InChI is InChI=1S/C11H16F3NO3/c1-7(2)8(3)6-18-9(16)5-15(4)10(17)11(12,13)14/h5-6H2,1-4H3. The Balaban J connectivity index is 4.27. The number of halogens is 3. The van der Waals surface area contributed by atoms with E-state index in [1.807, 2.05) is 13.8 Å². The Morgan fingerprint density at radius 2 is 1.67 bits per heavy atom. The average Bonchev–Trinajstić information content (AvgIpc) is 2.23. The maximum Gasteiger partial charge on any atom is 0.471 e. The number of ether oxygens (including phenoxy) is 1. The second kappa shape index (κ2) is 6.42. The van der Waals surface area contributed by atoms with Crippen molar-refractivity contribution < 1.29 is 27.5 Å². The highest BCUT2D eigenvalue weighted by atomic mass is 19.4. The normalized spacial score (nSPS) is 10.8. The van der Waals surface area contributed by atoms with Gasteiger partial charge in [0.2, 0.25) is 0 Å². The molecule has 0 bridgehead atoms. The van der Waals surface area contributed by atoms with Crippen molar-refractivity contribution in [3.63, 3.8) is 0 Å². The largest absolute Gasteiger partial charge is 0.471 e. The van der Waals surface area contributed by atoms with Gasteiger partial charge in [0.15, 0.2) is 0 Å². The van der Waals surface area contributed by atoms with Gasteiger partial charge in [-0.05, 0) is 26.3 Å². The van der Waals surface area contributed by atoms with Crippen LogP contribution in [-0.2, 0) is 14.3 Å². The Morgan fingerprint density at radius 1 is 1.17 bits per heavy atom. The lowest BCUT2D eigenvalue weighted by Gasteiger charge is -2.17. The van der Waals surface area contributed by atoms with Crippen LogP contribution in [0.25, 0.3) is 0 Å². The monoisotopic (exact) mass is 267 g/mol. The fourth-order valence-corrected chi connectivity index (χ4v) is 0.861. The number of alkyl halides is 3. The predicted molar refractivity (Wildman–Crippen MR) is 58.7 cm³/mol. The Bertz CT molecular complexity index is 357. The summed E-state index contributed by atoms with van der Waals surface area (Å²) in [6, 6.07) is 0. The van der Waals surface area contributed by atoms with Gasteiger partial charge < -0.3 is 9.64 Å². The number of allylic oxidation sites excluding steroid dienone is 1. The van der Waals surface area contributed by atoms with Crippen LogP contribution in [0.3, 0.4) is 0 Å². The van der Waals surface area contributed by atoms with E-state index >= 15 is 0 Å². The summed E-state index contributed by atoms with van der Waals surface area (Å²) >= 11 is 0. The molecule has 0 heterocycles. The average molecular weight is 267 g/mol. The molecular weight excluding hydrogens is 251 g/mol. The predicted octanol–water partition coefficient (Wildman–Crippen LogP) is 1.91. The lowest BCUT2D eigenvalue weighted by molar-refractivity contribution is -0.185. The molecule has 0 aromatic rings. The summed E-state index contributed by atoms with van der Waals surface area (Å²) in [7, 11) is 0.894. The number of likely N-dealkylation sites (N-methyl/N-ethyl adjacent to an activating group) is 1. The second-order valence-corrected chi connectivity index (χ2v) is 4.10. The van der Waals surface area contributed by atoms with E-state index in [-0.39, 0.29) is 11.5 Å². The maximum atomic E-state index is 12.0. The molecule has 104 valence electrons. The van der Waals surface area contributed by atoms with Crippen LogP contribution >= 0.6 is 0 Å². The highest BCUT2D eigenvalue weighted by Gasteiger charge is 2.41. The van der Waals surface area contributed by atoms with Gasteiger partial charge in [-0.3, -0.25) is 9.59 Å². The van der Waals surface area contributed by atoms with Gasteiger partial charge in [-0.1, -0.05) is 5.57 Å². The highest BCUT2D eigenvalue weighted by Crippen LogP contribution is 2.17. The molecule has 18 heavy (non-hydrogen) atoms. The van der Waals surface area contributed by atoms with Crippen LogP contribution in [0.5, 0.6) is 0 Å². The van der Waals surface area contributed by atoms with Crippen LogP contribution in [0.4, 0.5) is 13.2 Å². The fraction of sp³-hybridized carbons (Fsp3) is 0.636. The van der Waals surface area contributed by atoms with Gasteiger partial charge in [-0.15, -0.1) is 0 Å². The molecule has 0 aromatic heterocycles. The SMILES string of the molecule is CC(C)=C(C)COC(=O)CN(C)C(=O)C(F)(F)F. The Kier molecular flexibility index (Phi) is 5.87. The molecule has 0 unspecified atom stereocenters. The van der Waals surface area contributed by atoms with Crippen LogP contribution in [0.15, 0.2) is 11.1 Å². The fourth-order valence-electron chi connectivity index (χ4n) is 0.861. The van der Waals surface area contributed by atoms with E-state index in [1.54, 1.807) is 6.92 Å². The summed E-state index contributed by atoms with van der Waals surface area (Å²) in [5, 5.41) is 0. The van der Waals surface area contributed by atoms with Gasteiger partial charge in [0.25, 0.3) is 0 Å². The van der Waals surface area contributed by atoms with Crippen LogP contribution in [-0.4, -0.2) is 43.2 Å². The van der Waals surface area contributed by atoms with Crippen molar-refractivity contribution in [2.45, 2.75) is 26.9 Å². The first-order chi connectivity index (χ1) is 8.05. The second-order valence-electron chi connectivity index (χ2n) is 4.10. The molecule has 0 saturated heterocycles. The molecule has 0 aliphatic heterocycles. The van der Waals surface area contributed by atoms with Gasteiger partial charge in [0.05, 0.1) is 0 Å². The maximum absolute atomic E-state index is 12.0. The van der Waals surface area contributed by atoms with Crippen molar-refractivity contribution in [2.24, 2.45) is 0 Å². The quantitative estimate of drug-likeness (QED) is 0.577. The molecule has 1 amide bonds. The first-order valence-corrected chi connectivity index (χ1v) is 5.16. The van der Waals surface area contributed by atoms with E-state index in [1.165, 1.54) is 0 Å². The van der Waals surface area contributed by atoms with E-state index in [0.29, 0.717) is 0 Å². The Hall–Kier alpha value is -1.53. The molecular formula is C11H16F3NO3. The molecule has 0 aliphatic carbocycles. The van der Waals surface area contributed by atoms with Gasteiger partial charge in [-0.25, -0.2) is 0 Å². The molecule has 0 N–H and O–H groups in total. The zero-order valence-electron chi connectivity index (χ0n) is 10.7. The Labute approximate surface area is 103 Å². The van der Waals surface area contributed by atoms with Crippen molar-refractivity contribution in [3.8, 4) is 0 Å². The van der Waals surface area contributed by atoms with Crippen molar-refractivity contribution in [1.29, 1.82) is 0 Å². The van der Waals surface area contributed by atoms with E-state index < -0.39 is 24.6 Å². The van der Waals surface area contributed by atoms with Crippen LogP contribution in [0.2, 0.25) is 0 Å². The third kappa shape index (κ3) is 5.70. The molecule has 0 radical (unpaired) electrons. The van der Waals surface area contributed by atoms with Crippen LogP contribution < -0.4 is 0 Å². The summed E-state index contributed by atoms with van der Waals surface area (Å²) in [6.45, 7) is 4.67. The minimum atomic E-state index is -4.98. The van der Waals surface area contributed by atoms with Gasteiger partial charge in [0.1, 0.15) is 13.2 Å². The minimum absolute atomic E-state index is 0.00914. The number of nitrogens with zero attached hydrogens (tertiary/aromatic N) is 1. The summed E-state index contributed by atoms with van der Waals surface area (Å²) < 4.78 is 40.8. The van der Waals surface area contributed by atoms with Gasteiger partial charge in [-0.2, -0.15) is 13.2 Å². The molecule has 0 aliphatic rings. The highest BCUT2D eigenvalue weighted by molar-refractivity contribution is 5.85. The topological polar surface area (TPSA) is 46.6 Å². The summed E-state index contributed by atoms with van der Waals surface area (Å²) in [5.41, 5.74) is 1.77. The van der Waals surface area contributed by atoms with Crippen molar-refractivity contribution in [2.75, 3.05) is 20.2 Å². The molecule has 0 aromatic carbocycles. The number of rotatable bonds is 4. The molecule has 0 spiro atoms. The van der Waals surface area contributed by atoms with Crippen molar-refractivity contribution in [3.05, 3.63) is 11.1 Å². The smallest absolute Gasteiger partial charge is 0.460 e. The first-order valence-electron chi connectivity index (χ1n) is 5.16. The lowest BCUT2D eigenvalue weighted by atomic mass is 10.2. The third-order valence-corrected chi connectivity index (χ3v) is 2.26. The van der Waals surface area contributed by atoms with Crippen LogP contribution in [0.1, 0.15) is 20.8 Å². The number of amides is 1.